The third-order valence-corrected chi connectivity index (χ3v) is 7.35. The van der Waals surface area contributed by atoms with Crippen LogP contribution in [-0.4, -0.2) is 77.8 Å². The summed E-state index contributed by atoms with van der Waals surface area (Å²) in [6.45, 7) is 9.50. The van der Waals surface area contributed by atoms with Crippen LogP contribution in [-0.2, 0) is 33.3 Å². The first kappa shape index (κ1) is 30.0. The number of amides is 2. The normalized spacial score (nSPS) is 36.4. The molecule has 10 nitrogen and oxygen atoms in total. The first-order chi connectivity index (χ1) is 17.9. The maximum Gasteiger partial charge on any atom is 0.303 e. The number of ether oxygens (including phenoxy) is 4. The molecule has 7 unspecified atom stereocenters. The summed E-state index contributed by atoms with van der Waals surface area (Å²) in [7, 11) is 0. The van der Waals surface area contributed by atoms with Gasteiger partial charge in [0.05, 0.1) is 37.4 Å². The van der Waals surface area contributed by atoms with Gasteiger partial charge in [-0.05, 0) is 45.6 Å². The minimum absolute atomic E-state index is 0.000587. The van der Waals surface area contributed by atoms with Crippen LogP contribution in [0.15, 0.2) is 36.0 Å². The third-order valence-electron chi connectivity index (χ3n) is 7.35. The SMILES string of the molecule is CC(=O)OC(C)/C=C\C(=O)NC1CC(C)C(C/C=C(C)/C=C/C2O[C@H](CC(N)=O)CC3(CO3)[C@@H]2O)OC1C. The molecule has 0 saturated carbocycles. The lowest BCUT2D eigenvalue weighted by molar-refractivity contribution is -0.144. The van der Waals surface area contributed by atoms with Gasteiger partial charge in [0.25, 0.3) is 0 Å². The molecular formula is C28H42N2O8. The second-order valence-corrected chi connectivity index (χ2v) is 10.8. The molecule has 10 heteroatoms. The minimum Gasteiger partial charge on any atom is -0.459 e. The van der Waals surface area contributed by atoms with Crippen molar-refractivity contribution in [2.24, 2.45) is 11.7 Å². The highest BCUT2D eigenvalue weighted by atomic mass is 16.6. The zero-order valence-corrected chi connectivity index (χ0v) is 22.9. The van der Waals surface area contributed by atoms with Gasteiger partial charge in [0.1, 0.15) is 23.9 Å². The van der Waals surface area contributed by atoms with Crippen molar-refractivity contribution >= 4 is 17.8 Å². The molecule has 3 saturated heterocycles. The van der Waals surface area contributed by atoms with E-state index in [1.807, 2.05) is 26.0 Å². The Morgan fingerprint density at radius 1 is 1.21 bits per heavy atom. The summed E-state index contributed by atoms with van der Waals surface area (Å²) >= 11 is 0. The van der Waals surface area contributed by atoms with E-state index in [9.17, 15) is 19.5 Å². The molecule has 0 aromatic carbocycles. The Hall–Kier alpha value is -2.53. The number of primary amides is 1. The van der Waals surface area contributed by atoms with E-state index < -0.39 is 35.8 Å². The second-order valence-electron chi connectivity index (χ2n) is 10.8. The van der Waals surface area contributed by atoms with Crippen LogP contribution in [0.3, 0.4) is 0 Å². The van der Waals surface area contributed by atoms with Crippen LogP contribution in [0.4, 0.5) is 0 Å². The van der Waals surface area contributed by atoms with Crippen LogP contribution >= 0.6 is 0 Å². The lowest BCUT2D eigenvalue weighted by Crippen LogP contribution is -2.50. The summed E-state index contributed by atoms with van der Waals surface area (Å²) in [5.74, 6) is -0.867. The number of hydrogen-bond donors (Lipinski definition) is 3. The van der Waals surface area contributed by atoms with Crippen molar-refractivity contribution in [2.45, 2.75) is 109 Å². The van der Waals surface area contributed by atoms with Crippen molar-refractivity contribution in [3.05, 3.63) is 36.0 Å². The van der Waals surface area contributed by atoms with E-state index in [4.69, 9.17) is 24.7 Å². The molecule has 3 rings (SSSR count). The zero-order chi connectivity index (χ0) is 28.0. The second kappa shape index (κ2) is 13.0. The summed E-state index contributed by atoms with van der Waals surface area (Å²) < 4.78 is 22.7. The fraction of sp³-hybridized carbons (Fsp3) is 0.679. The van der Waals surface area contributed by atoms with E-state index in [0.29, 0.717) is 19.4 Å². The smallest absolute Gasteiger partial charge is 0.303 e. The number of rotatable bonds is 10. The van der Waals surface area contributed by atoms with Gasteiger partial charge in [0.15, 0.2) is 0 Å². The molecule has 212 valence electrons. The van der Waals surface area contributed by atoms with Gasteiger partial charge in [0.2, 0.25) is 11.8 Å². The van der Waals surface area contributed by atoms with Crippen LogP contribution in [0.2, 0.25) is 0 Å². The monoisotopic (exact) mass is 534 g/mol. The Morgan fingerprint density at radius 3 is 2.55 bits per heavy atom. The van der Waals surface area contributed by atoms with Crippen molar-refractivity contribution in [3.8, 4) is 0 Å². The highest BCUT2D eigenvalue weighted by Gasteiger charge is 2.58. The highest BCUT2D eigenvalue weighted by molar-refractivity contribution is 5.87. The Morgan fingerprint density at radius 2 is 1.92 bits per heavy atom. The van der Waals surface area contributed by atoms with E-state index in [-0.39, 0.29) is 42.6 Å². The van der Waals surface area contributed by atoms with Gasteiger partial charge < -0.3 is 35.1 Å². The Kier molecular flexibility index (Phi) is 10.3. The average molecular weight is 535 g/mol. The van der Waals surface area contributed by atoms with Crippen molar-refractivity contribution in [2.75, 3.05) is 6.61 Å². The number of carbonyl (C=O) groups is 3. The molecule has 2 amide bonds. The topological polar surface area (TPSA) is 150 Å². The lowest BCUT2D eigenvalue weighted by Gasteiger charge is -2.39. The summed E-state index contributed by atoms with van der Waals surface area (Å²) in [4.78, 5) is 34.7. The van der Waals surface area contributed by atoms with Gasteiger partial charge in [-0.2, -0.15) is 0 Å². The fourth-order valence-corrected chi connectivity index (χ4v) is 5.11. The lowest BCUT2D eigenvalue weighted by atomic mass is 9.87. The molecule has 4 N–H and O–H groups in total. The first-order valence-electron chi connectivity index (χ1n) is 13.3. The van der Waals surface area contributed by atoms with E-state index in [1.165, 1.54) is 13.0 Å². The van der Waals surface area contributed by atoms with Gasteiger partial charge in [-0.1, -0.05) is 30.7 Å². The van der Waals surface area contributed by atoms with Crippen LogP contribution in [0.5, 0.6) is 0 Å². The van der Waals surface area contributed by atoms with Gasteiger partial charge in [-0.15, -0.1) is 0 Å². The fourth-order valence-electron chi connectivity index (χ4n) is 5.11. The highest BCUT2D eigenvalue weighted by Crippen LogP contribution is 2.43. The van der Waals surface area contributed by atoms with Gasteiger partial charge in [-0.3, -0.25) is 14.4 Å². The van der Waals surface area contributed by atoms with E-state index in [1.54, 1.807) is 13.0 Å². The molecule has 0 aromatic heterocycles. The molecule has 3 fully saturated rings. The van der Waals surface area contributed by atoms with Gasteiger partial charge >= 0.3 is 5.97 Å². The molecule has 3 aliphatic heterocycles. The van der Waals surface area contributed by atoms with E-state index >= 15 is 0 Å². The van der Waals surface area contributed by atoms with Crippen LogP contribution < -0.4 is 11.1 Å². The summed E-state index contributed by atoms with van der Waals surface area (Å²) in [6, 6.07) is -0.123. The molecule has 3 heterocycles. The standard InChI is InChI=1S/C28H42N2O8/c1-16(7-10-24-27(34)28(15-35-28)14-21(38-24)13-25(29)32)6-9-23-17(2)12-22(19(4)37-23)30-26(33)11-8-18(3)36-20(5)31/h6-8,10-11,17-19,21-24,27,34H,9,12-15H2,1-5H3,(H2,29,32)(H,30,33)/b10-7+,11-8-,16-6+/t17?,18?,19?,21-,22?,23?,24?,27-,28?/m1/s1. The summed E-state index contributed by atoms with van der Waals surface area (Å²) in [5, 5.41) is 13.7. The largest absolute Gasteiger partial charge is 0.459 e. The molecule has 9 atom stereocenters. The number of nitrogens with one attached hydrogen (secondary N) is 1. The number of epoxide rings is 1. The van der Waals surface area contributed by atoms with Crippen molar-refractivity contribution in [3.63, 3.8) is 0 Å². The Bertz CT molecular complexity index is 957. The Balaban J connectivity index is 1.49. The molecular weight excluding hydrogens is 492 g/mol. The predicted molar refractivity (Wildman–Crippen MR) is 140 cm³/mol. The maximum absolute atomic E-state index is 12.3. The number of aliphatic hydroxyl groups excluding tert-OH is 1. The first-order valence-corrected chi connectivity index (χ1v) is 13.3. The zero-order valence-electron chi connectivity index (χ0n) is 22.9. The number of hydrogen-bond acceptors (Lipinski definition) is 8. The van der Waals surface area contributed by atoms with E-state index in [0.717, 1.165) is 12.0 Å². The number of allylic oxidation sites excluding steroid dienone is 2. The predicted octanol–water partition coefficient (Wildman–Crippen LogP) is 1.85. The number of carbonyl (C=O) groups excluding carboxylic acids is 3. The molecule has 3 aliphatic rings. The van der Waals surface area contributed by atoms with Crippen LogP contribution in [0.25, 0.3) is 0 Å². The number of nitrogens with two attached hydrogens (primary N) is 1. The molecule has 0 radical (unpaired) electrons. The molecule has 0 aromatic rings. The van der Waals surface area contributed by atoms with Crippen molar-refractivity contribution in [1.82, 2.24) is 5.32 Å². The van der Waals surface area contributed by atoms with Crippen LogP contribution in [0, 0.1) is 5.92 Å². The van der Waals surface area contributed by atoms with E-state index in [2.05, 4.69) is 18.3 Å². The number of aliphatic hydroxyl groups is 1. The molecule has 1 spiro atoms. The van der Waals surface area contributed by atoms with Crippen molar-refractivity contribution in [1.29, 1.82) is 0 Å². The summed E-state index contributed by atoms with van der Waals surface area (Å²) in [6.07, 6.45) is 8.36. The van der Waals surface area contributed by atoms with Gasteiger partial charge in [0, 0.05) is 19.4 Å². The minimum atomic E-state index is -0.801. The quantitative estimate of drug-likeness (QED) is 0.166. The third kappa shape index (κ3) is 8.49. The average Bonchev–Trinajstić information content (AvgIpc) is 3.59. The Labute approximate surface area is 224 Å². The number of esters is 1. The maximum atomic E-state index is 12.3. The molecule has 0 aliphatic carbocycles. The van der Waals surface area contributed by atoms with Crippen molar-refractivity contribution < 1.29 is 38.4 Å². The van der Waals surface area contributed by atoms with Crippen LogP contribution in [0.1, 0.15) is 60.3 Å². The van der Waals surface area contributed by atoms with Gasteiger partial charge in [-0.25, -0.2) is 0 Å². The summed E-state index contributed by atoms with van der Waals surface area (Å²) in [5.41, 5.74) is 5.69. The molecule has 38 heavy (non-hydrogen) atoms. The molecule has 0 bridgehead atoms.